The Morgan fingerprint density at radius 2 is 1.40 bits per heavy atom. The van der Waals surface area contributed by atoms with Crippen molar-refractivity contribution in [2.24, 2.45) is 0 Å². The molecular formula is C35H34F2N2O. The van der Waals surface area contributed by atoms with Crippen molar-refractivity contribution >= 4 is 5.91 Å². The maximum Gasteiger partial charge on any atom is 0.255 e. The van der Waals surface area contributed by atoms with Gasteiger partial charge < -0.3 is 10.2 Å². The van der Waals surface area contributed by atoms with Crippen molar-refractivity contribution in [2.75, 3.05) is 13.1 Å². The highest BCUT2D eigenvalue weighted by atomic mass is 19.1. The fourth-order valence-electron chi connectivity index (χ4n) is 6.70. The predicted molar refractivity (Wildman–Crippen MR) is 154 cm³/mol. The minimum absolute atomic E-state index is 0.0130. The van der Waals surface area contributed by atoms with Crippen LogP contribution in [-0.4, -0.2) is 23.9 Å². The van der Waals surface area contributed by atoms with Gasteiger partial charge >= 0.3 is 0 Å². The van der Waals surface area contributed by atoms with E-state index >= 15 is 0 Å². The van der Waals surface area contributed by atoms with Crippen molar-refractivity contribution in [1.82, 2.24) is 10.2 Å². The number of aryl methyl sites for hydroxylation is 1. The second-order valence-corrected chi connectivity index (χ2v) is 11.0. The summed E-state index contributed by atoms with van der Waals surface area (Å²) in [5.74, 6) is -0.400. The largest absolute Gasteiger partial charge is 0.324 e. The standard InChI is InChI=1S/C35H34F2N2O/c36-29-16-12-26(13-17-29)31(27-14-18-30(37)19-15-27)10-4-8-28-9-5-11-32-33(28)34(40)39(24-25-6-2-1-3-7-25)35(32)20-22-38-23-21-35/h1-3,5-7,9,11-19,31,38H,4,8,10,20-24H2. The van der Waals surface area contributed by atoms with Crippen LogP contribution < -0.4 is 5.32 Å². The lowest BCUT2D eigenvalue weighted by molar-refractivity contribution is 0.0412. The Bertz CT molecular complexity index is 1420. The van der Waals surface area contributed by atoms with E-state index in [1.807, 2.05) is 42.5 Å². The Morgan fingerprint density at radius 1 is 0.775 bits per heavy atom. The molecule has 0 radical (unpaired) electrons. The van der Waals surface area contributed by atoms with Gasteiger partial charge in [0.05, 0.1) is 5.54 Å². The van der Waals surface area contributed by atoms with E-state index < -0.39 is 0 Å². The summed E-state index contributed by atoms with van der Waals surface area (Å²) < 4.78 is 27.3. The first kappa shape index (κ1) is 26.4. The number of amides is 1. The molecule has 204 valence electrons. The average molecular weight is 537 g/mol. The molecule has 0 saturated carbocycles. The SMILES string of the molecule is O=C1c2c(CCCC(c3ccc(F)cc3)c3ccc(F)cc3)cccc2C2(CCNCC2)N1Cc1ccccc1. The van der Waals surface area contributed by atoms with E-state index in [2.05, 4.69) is 40.5 Å². The number of hydrogen-bond acceptors (Lipinski definition) is 2. The van der Waals surface area contributed by atoms with Gasteiger partial charge in [-0.3, -0.25) is 4.79 Å². The molecule has 2 aliphatic rings. The first-order valence-electron chi connectivity index (χ1n) is 14.2. The van der Waals surface area contributed by atoms with E-state index in [1.54, 1.807) is 0 Å². The fourth-order valence-corrected chi connectivity index (χ4v) is 6.70. The van der Waals surface area contributed by atoms with Crippen LogP contribution in [0.1, 0.15) is 69.8 Å². The first-order valence-corrected chi connectivity index (χ1v) is 14.2. The fraction of sp³-hybridized carbons (Fsp3) is 0.286. The van der Waals surface area contributed by atoms with Gasteiger partial charge in [0, 0.05) is 18.0 Å². The summed E-state index contributed by atoms with van der Waals surface area (Å²) in [6, 6.07) is 29.8. The van der Waals surface area contributed by atoms with E-state index in [9.17, 15) is 13.6 Å². The van der Waals surface area contributed by atoms with Gasteiger partial charge in [-0.15, -0.1) is 0 Å². The molecule has 1 saturated heterocycles. The topological polar surface area (TPSA) is 32.3 Å². The van der Waals surface area contributed by atoms with Crippen LogP contribution in [0.25, 0.3) is 0 Å². The highest BCUT2D eigenvalue weighted by Gasteiger charge is 2.50. The van der Waals surface area contributed by atoms with E-state index in [0.717, 1.165) is 73.0 Å². The van der Waals surface area contributed by atoms with Crippen LogP contribution in [0.3, 0.4) is 0 Å². The third kappa shape index (κ3) is 5.06. The lowest BCUT2D eigenvalue weighted by Gasteiger charge is -2.42. The normalized spacial score (nSPS) is 16.1. The van der Waals surface area contributed by atoms with Gasteiger partial charge in [-0.05, 0) is 97.3 Å². The van der Waals surface area contributed by atoms with Gasteiger partial charge in [0.15, 0.2) is 0 Å². The molecule has 1 N–H and O–H groups in total. The summed E-state index contributed by atoms with van der Waals surface area (Å²) in [4.78, 5) is 16.3. The Kier molecular flexibility index (Phi) is 7.48. The predicted octanol–water partition coefficient (Wildman–Crippen LogP) is 7.35. The summed E-state index contributed by atoms with van der Waals surface area (Å²) >= 11 is 0. The molecule has 1 amide bonds. The number of carbonyl (C=O) groups excluding carboxylic acids is 1. The Labute approximate surface area is 234 Å². The molecule has 1 spiro atoms. The molecule has 0 bridgehead atoms. The van der Waals surface area contributed by atoms with Crippen LogP contribution in [-0.2, 0) is 18.5 Å². The highest BCUT2D eigenvalue weighted by Crippen LogP contribution is 2.47. The molecule has 3 nitrogen and oxygen atoms in total. The molecule has 40 heavy (non-hydrogen) atoms. The molecular weight excluding hydrogens is 502 g/mol. The van der Waals surface area contributed by atoms with Crippen LogP contribution in [0.5, 0.6) is 0 Å². The van der Waals surface area contributed by atoms with E-state index in [4.69, 9.17) is 0 Å². The molecule has 0 unspecified atom stereocenters. The lowest BCUT2D eigenvalue weighted by Crippen LogP contribution is -2.49. The average Bonchev–Trinajstić information content (AvgIpc) is 3.20. The van der Waals surface area contributed by atoms with Crippen molar-refractivity contribution in [3.63, 3.8) is 0 Å². The molecule has 5 heteroatoms. The van der Waals surface area contributed by atoms with Gasteiger partial charge in [-0.2, -0.15) is 0 Å². The smallest absolute Gasteiger partial charge is 0.255 e. The molecule has 0 aromatic heterocycles. The zero-order valence-corrected chi connectivity index (χ0v) is 22.6. The van der Waals surface area contributed by atoms with Crippen molar-refractivity contribution < 1.29 is 13.6 Å². The molecule has 0 atom stereocenters. The van der Waals surface area contributed by atoms with Crippen molar-refractivity contribution in [2.45, 2.75) is 50.1 Å². The van der Waals surface area contributed by atoms with Crippen molar-refractivity contribution in [3.8, 4) is 0 Å². The van der Waals surface area contributed by atoms with Crippen LogP contribution in [0, 0.1) is 11.6 Å². The molecule has 6 rings (SSSR count). The molecule has 0 aliphatic carbocycles. The third-order valence-corrected chi connectivity index (χ3v) is 8.73. The van der Waals surface area contributed by atoms with Gasteiger partial charge in [0.25, 0.3) is 5.91 Å². The van der Waals surface area contributed by atoms with Crippen molar-refractivity contribution in [3.05, 3.63) is 142 Å². The van der Waals surface area contributed by atoms with E-state index in [1.165, 1.54) is 29.8 Å². The third-order valence-electron chi connectivity index (χ3n) is 8.73. The number of nitrogens with one attached hydrogen (secondary N) is 1. The monoisotopic (exact) mass is 536 g/mol. The van der Waals surface area contributed by atoms with Crippen molar-refractivity contribution in [1.29, 1.82) is 0 Å². The maximum absolute atomic E-state index is 14.1. The first-order chi connectivity index (χ1) is 19.5. The second-order valence-electron chi connectivity index (χ2n) is 11.0. The highest BCUT2D eigenvalue weighted by molar-refractivity contribution is 6.01. The van der Waals surface area contributed by atoms with E-state index in [-0.39, 0.29) is 29.0 Å². The number of halogens is 2. The number of benzene rings is 4. The quantitative estimate of drug-likeness (QED) is 0.255. The molecule has 4 aromatic carbocycles. The summed E-state index contributed by atoms with van der Waals surface area (Å²) in [6.07, 6.45) is 4.22. The zero-order chi connectivity index (χ0) is 27.5. The van der Waals surface area contributed by atoms with Crippen LogP contribution in [0.4, 0.5) is 8.78 Å². The lowest BCUT2D eigenvalue weighted by atomic mass is 9.80. The summed E-state index contributed by atoms with van der Waals surface area (Å²) in [5.41, 5.74) is 6.00. The minimum atomic E-state index is -0.283. The van der Waals surface area contributed by atoms with Crippen LogP contribution in [0.2, 0.25) is 0 Å². The van der Waals surface area contributed by atoms with E-state index in [0.29, 0.717) is 6.54 Å². The number of nitrogens with zero attached hydrogens (tertiary/aromatic N) is 1. The van der Waals surface area contributed by atoms with Crippen LogP contribution >= 0.6 is 0 Å². The summed E-state index contributed by atoms with van der Waals surface area (Å²) in [5, 5.41) is 3.48. The minimum Gasteiger partial charge on any atom is -0.324 e. The molecule has 4 aromatic rings. The summed E-state index contributed by atoms with van der Waals surface area (Å²) in [7, 11) is 0. The molecule has 1 fully saturated rings. The van der Waals surface area contributed by atoms with Gasteiger partial charge in [0.2, 0.25) is 0 Å². The Morgan fingerprint density at radius 3 is 2.02 bits per heavy atom. The molecule has 2 heterocycles. The van der Waals surface area contributed by atoms with Gasteiger partial charge in [0.1, 0.15) is 11.6 Å². The maximum atomic E-state index is 14.1. The summed E-state index contributed by atoms with van der Waals surface area (Å²) in [6.45, 7) is 2.38. The Balaban J connectivity index is 1.27. The molecule has 2 aliphatic heterocycles. The van der Waals surface area contributed by atoms with Crippen LogP contribution in [0.15, 0.2) is 97.1 Å². The number of hydrogen-bond donors (Lipinski definition) is 1. The number of piperidine rings is 1. The van der Waals surface area contributed by atoms with Gasteiger partial charge in [-0.1, -0.05) is 72.8 Å². The zero-order valence-electron chi connectivity index (χ0n) is 22.6. The number of carbonyl (C=O) groups is 1. The Hall–Kier alpha value is -3.83. The van der Waals surface area contributed by atoms with Gasteiger partial charge in [-0.25, -0.2) is 8.78 Å². The number of rotatable bonds is 8. The second kappa shape index (κ2) is 11.3. The number of fused-ring (bicyclic) bond motifs is 2.